The molecule has 1 aromatic carbocycles. The summed E-state index contributed by atoms with van der Waals surface area (Å²) in [5.41, 5.74) is 0.753. The van der Waals surface area contributed by atoms with Crippen LogP contribution in [-0.4, -0.2) is 41.1 Å². The van der Waals surface area contributed by atoms with Crippen LogP contribution in [0.15, 0.2) is 22.7 Å². The maximum absolute atomic E-state index is 12.0. The van der Waals surface area contributed by atoms with Crippen LogP contribution >= 0.6 is 27.7 Å². The summed E-state index contributed by atoms with van der Waals surface area (Å²) in [4.78, 5) is 22.8. The highest BCUT2D eigenvalue weighted by molar-refractivity contribution is 9.10. The average molecular weight is 345 g/mol. The van der Waals surface area contributed by atoms with E-state index in [1.54, 1.807) is 17.8 Å². The lowest BCUT2D eigenvalue weighted by molar-refractivity contribution is -0.117. The highest BCUT2D eigenvalue weighted by atomic mass is 79.9. The summed E-state index contributed by atoms with van der Waals surface area (Å²) >= 11 is 5.00. The number of aromatic carboxylic acids is 1. The number of carboxylic acid groups (broad SMARTS) is 1. The van der Waals surface area contributed by atoms with Gasteiger partial charge in [0.15, 0.2) is 0 Å². The van der Waals surface area contributed by atoms with Gasteiger partial charge < -0.3 is 15.7 Å². The molecule has 1 unspecified atom stereocenters. The summed E-state index contributed by atoms with van der Waals surface area (Å²) in [5.74, 6) is 0.664. The zero-order valence-electron chi connectivity index (χ0n) is 9.98. The summed E-state index contributed by atoms with van der Waals surface area (Å²) in [7, 11) is 0. The van der Waals surface area contributed by atoms with Crippen molar-refractivity contribution in [1.82, 2.24) is 5.32 Å². The fourth-order valence-corrected chi connectivity index (χ4v) is 3.11. The molecule has 102 valence electrons. The minimum absolute atomic E-state index is 0.101. The first-order valence-corrected chi connectivity index (χ1v) is 7.67. The predicted octanol–water partition coefficient (Wildman–Crippen LogP) is 1.79. The van der Waals surface area contributed by atoms with Gasteiger partial charge in [-0.1, -0.05) is 0 Å². The molecule has 0 bridgehead atoms. The van der Waals surface area contributed by atoms with Crippen LogP contribution in [0.3, 0.4) is 0 Å². The van der Waals surface area contributed by atoms with Crippen LogP contribution in [0.2, 0.25) is 0 Å². The smallest absolute Gasteiger partial charge is 0.335 e. The van der Waals surface area contributed by atoms with Crippen LogP contribution in [0.4, 0.5) is 5.69 Å². The van der Waals surface area contributed by atoms with Gasteiger partial charge in [-0.15, -0.1) is 0 Å². The van der Waals surface area contributed by atoms with E-state index >= 15 is 0 Å². The summed E-state index contributed by atoms with van der Waals surface area (Å²) in [5, 5.41) is 14.8. The van der Waals surface area contributed by atoms with Crippen molar-refractivity contribution in [2.24, 2.45) is 0 Å². The second-order valence-electron chi connectivity index (χ2n) is 4.07. The Bertz CT molecular complexity index is 504. The Balaban J connectivity index is 2.06. The number of benzene rings is 1. The van der Waals surface area contributed by atoms with Gasteiger partial charge in [0, 0.05) is 22.5 Å². The first-order valence-electron chi connectivity index (χ1n) is 5.73. The van der Waals surface area contributed by atoms with Crippen molar-refractivity contribution >= 4 is 45.3 Å². The number of carbonyl (C=O) groups excluding carboxylic acids is 1. The van der Waals surface area contributed by atoms with Gasteiger partial charge in [-0.25, -0.2) is 4.79 Å². The van der Waals surface area contributed by atoms with Gasteiger partial charge in [0.2, 0.25) is 5.91 Å². The molecule has 0 spiro atoms. The molecule has 1 heterocycles. The third kappa shape index (κ3) is 3.71. The first kappa shape index (κ1) is 14.4. The minimum atomic E-state index is -0.996. The van der Waals surface area contributed by atoms with Gasteiger partial charge in [0.05, 0.1) is 17.3 Å². The average Bonchev–Trinajstić information content (AvgIpc) is 2.41. The molecule has 1 atom stereocenters. The lowest BCUT2D eigenvalue weighted by Crippen LogP contribution is -2.46. The van der Waals surface area contributed by atoms with Crippen LogP contribution in [-0.2, 0) is 4.79 Å². The van der Waals surface area contributed by atoms with Crippen molar-refractivity contribution in [3.63, 3.8) is 0 Å². The quantitative estimate of drug-likeness (QED) is 0.779. The molecule has 5 nitrogen and oxygen atoms in total. The Morgan fingerprint density at radius 2 is 2.26 bits per heavy atom. The molecule has 7 heteroatoms. The number of thioether (sulfide) groups is 1. The van der Waals surface area contributed by atoms with E-state index in [0.717, 1.165) is 18.1 Å². The van der Waals surface area contributed by atoms with Crippen LogP contribution < -0.4 is 10.6 Å². The second-order valence-corrected chi connectivity index (χ2v) is 6.07. The van der Waals surface area contributed by atoms with E-state index in [1.807, 2.05) is 0 Å². The zero-order valence-corrected chi connectivity index (χ0v) is 12.4. The lowest BCUT2D eigenvalue weighted by Gasteiger charge is -2.22. The van der Waals surface area contributed by atoms with E-state index in [0.29, 0.717) is 10.2 Å². The fourth-order valence-electron chi connectivity index (χ4n) is 1.70. The van der Waals surface area contributed by atoms with Crippen molar-refractivity contribution in [3.05, 3.63) is 28.2 Å². The molecule has 1 aromatic rings. The Hall–Kier alpha value is -1.05. The molecule has 3 N–H and O–H groups in total. The van der Waals surface area contributed by atoms with Crippen LogP contribution in [0.5, 0.6) is 0 Å². The fraction of sp³-hybridized carbons (Fsp3) is 0.333. The predicted molar refractivity (Wildman–Crippen MR) is 78.8 cm³/mol. The summed E-state index contributed by atoms with van der Waals surface area (Å²) in [6.45, 7) is 0.821. The SMILES string of the molecule is O=C(O)c1ccc(NC(=O)C2CSCCN2)c(Br)c1. The Morgan fingerprint density at radius 1 is 1.47 bits per heavy atom. The molecule has 0 aromatic heterocycles. The van der Waals surface area contributed by atoms with Crippen molar-refractivity contribution in [2.75, 3.05) is 23.4 Å². The Kier molecular flexibility index (Phi) is 4.84. The summed E-state index contributed by atoms with van der Waals surface area (Å²) in [6.07, 6.45) is 0. The summed E-state index contributed by atoms with van der Waals surface area (Å²) in [6, 6.07) is 4.32. The number of carbonyl (C=O) groups is 2. The molecule has 1 amide bonds. The van der Waals surface area contributed by atoms with Gasteiger partial charge in [-0.3, -0.25) is 4.79 Å². The summed E-state index contributed by atoms with van der Waals surface area (Å²) < 4.78 is 0.559. The van der Waals surface area contributed by atoms with E-state index < -0.39 is 5.97 Å². The second kappa shape index (κ2) is 6.40. The maximum Gasteiger partial charge on any atom is 0.335 e. The van der Waals surface area contributed by atoms with E-state index in [1.165, 1.54) is 12.1 Å². The number of anilines is 1. The molecule has 0 aliphatic carbocycles. The van der Waals surface area contributed by atoms with Crippen molar-refractivity contribution in [3.8, 4) is 0 Å². The molecule has 1 aliphatic heterocycles. The van der Waals surface area contributed by atoms with Gasteiger partial charge in [-0.05, 0) is 34.1 Å². The molecule has 2 rings (SSSR count). The number of nitrogens with one attached hydrogen (secondary N) is 2. The largest absolute Gasteiger partial charge is 0.478 e. The van der Waals surface area contributed by atoms with Crippen LogP contribution in [0.1, 0.15) is 10.4 Å². The van der Waals surface area contributed by atoms with E-state index in [4.69, 9.17) is 5.11 Å². The molecule has 1 saturated heterocycles. The zero-order chi connectivity index (χ0) is 13.8. The monoisotopic (exact) mass is 344 g/mol. The van der Waals surface area contributed by atoms with Crippen LogP contribution in [0.25, 0.3) is 0 Å². The first-order chi connectivity index (χ1) is 9.08. The highest BCUT2D eigenvalue weighted by Crippen LogP contribution is 2.24. The van der Waals surface area contributed by atoms with Crippen LogP contribution in [0, 0.1) is 0 Å². The van der Waals surface area contributed by atoms with Gasteiger partial charge >= 0.3 is 5.97 Å². The van der Waals surface area contributed by atoms with E-state index in [2.05, 4.69) is 26.6 Å². The Morgan fingerprint density at radius 3 is 2.84 bits per heavy atom. The molecule has 0 saturated carbocycles. The standard InChI is InChI=1S/C12H13BrN2O3S/c13-8-5-7(12(17)18)1-2-9(8)15-11(16)10-6-19-4-3-14-10/h1-2,5,10,14H,3-4,6H2,(H,15,16)(H,17,18). The van der Waals surface area contributed by atoms with Gasteiger partial charge in [0.25, 0.3) is 0 Å². The van der Waals surface area contributed by atoms with E-state index in [-0.39, 0.29) is 17.5 Å². The maximum atomic E-state index is 12.0. The topological polar surface area (TPSA) is 78.4 Å². The van der Waals surface area contributed by atoms with E-state index in [9.17, 15) is 9.59 Å². The highest BCUT2D eigenvalue weighted by Gasteiger charge is 2.21. The molecule has 1 aliphatic rings. The van der Waals surface area contributed by atoms with Gasteiger partial charge in [0.1, 0.15) is 0 Å². The van der Waals surface area contributed by atoms with Crippen molar-refractivity contribution < 1.29 is 14.7 Å². The third-order valence-corrected chi connectivity index (χ3v) is 4.43. The molecule has 1 fully saturated rings. The Labute approximate surface area is 123 Å². The number of hydrogen-bond donors (Lipinski definition) is 3. The normalized spacial score (nSPS) is 18.9. The number of amides is 1. The molecule has 0 radical (unpaired) electrons. The number of carboxylic acids is 1. The number of hydrogen-bond acceptors (Lipinski definition) is 4. The lowest BCUT2D eigenvalue weighted by atomic mass is 10.2. The minimum Gasteiger partial charge on any atom is -0.478 e. The molecular formula is C12H13BrN2O3S. The van der Waals surface area contributed by atoms with Gasteiger partial charge in [-0.2, -0.15) is 11.8 Å². The molecule has 19 heavy (non-hydrogen) atoms. The number of rotatable bonds is 3. The molecular weight excluding hydrogens is 332 g/mol. The van der Waals surface area contributed by atoms with Crippen molar-refractivity contribution in [1.29, 1.82) is 0 Å². The number of halogens is 1. The third-order valence-electron chi connectivity index (χ3n) is 2.71. The van der Waals surface area contributed by atoms with Crippen molar-refractivity contribution in [2.45, 2.75) is 6.04 Å².